The molecule has 0 saturated carbocycles. The molecule has 0 aromatic carbocycles. The minimum atomic E-state index is -2.85. The molecule has 2 heterocycles. The maximum atomic E-state index is 11.8. The molecule has 3 aliphatic rings. The molecule has 0 N–H and O–H groups in total. The zero-order chi connectivity index (χ0) is 34.7. The van der Waals surface area contributed by atoms with Crippen LogP contribution in [0.3, 0.4) is 0 Å². The maximum Gasteiger partial charge on any atom is 0.150 e. The van der Waals surface area contributed by atoms with Crippen LogP contribution >= 0.6 is 11.8 Å². The zero-order valence-electron chi connectivity index (χ0n) is 32.7. The van der Waals surface area contributed by atoms with E-state index < -0.39 is 9.84 Å². The van der Waals surface area contributed by atoms with E-state index in [1.165, 1.54) is 48.3 Å². The van der Waals surface area contributed by atoms with E-state index >= 15 is 0 Å². The van der Waals surface area contributed by atoms with Crippen molar-refractivity contribution in [3.05, 3.63) is 33.4 Å². The van der Waals surface area contributed by atoms with Crippen molar-refractivity contribution in [2.45, 2.75) is 163 Å². The second kappa shape index (κ2) is 14.7. The predicted molar refractivity (Wildman–Crippen MR) is 201 cm³/mol. The topological polar surface area (TPSA) is 34.1 Å². The van der Waals surface area contributed by atoms with Gasteiger partial charge in [0.2, 0.25) is 0 Å². The highest BCUT2D eigenvalue weighted by atomic mass is 32.2. The number of hydrogen-bond donors (Lipinski definition) is 0. The van der Waals surface area contributed by atoms with Gasteiger partial charge in [0.1, 0.15) is 0 Å². The fourth-order valence-corrected chi connectivity index (χ4v) is 9.86. The van der Waals surface area contributed by atoms with Crippen LogP contribution in [-0.2, 0) is 9.84 Å². The maximum absolute atomic E-state index is 11.8. The van der Waals surface area contributed by atoms with Gasteiger partial charge in [0.15, 0.2) is 9.84 Å². The van der Waals surface area contributed by atoms with Gasteiger partial charge in [-0.05, 0) is 71.0 Å². The summed E-state index contributed by atoms with van der Waals surface area (Å²) < 4.78 is 23.6. The summed E-state index contributed by atoms with van der Waals surface area (Å²) in [4.78, 5) is 0. The Labute approximate surface area is 281 Å². The van der Waals surface area contributed by atoms with Crippen LogP contribution in [0.5, 0.6) is 0 Å². The van der Waals surface area contributed by atoms with Gasteiger partial charge in [-0.1, -0.05) is 158 Å². The third kappa shape index (κ3) is 13.0. The summed E-state index contributed by atoms with van der Waals surface area (Å²) in [5.41, 5.74) is 11.2. The molecule has 0 spiro atoms. The van der Waals surface area contributed by atoms with Crippen LogP contribution in [0, 0.1) is 32.5 Å². The number of hydrogen-bond acceptors (Lipinski definition) is 3. The zero-order valence-corrected chi connectivity index (χ0v) is 34.3. The highest BCUT2D eigenvalue weighted by molar-refractivity contribution is 7.99. The predicted octanol–water partition coefficient (Wildman–Crippen LogP) is 12.7. The summed E-state index contributed by atoms with van der Waals surface area (Å²) in [6.07, 6.45) is 6.86. The van der Waals surface area contributed by atoms with Crippen LogP contribution in [0.1, 0.15) is 163 Å². The SMILES string of the molecule is CC(C)(C)C1=C(C(C)(C)C)CCCC1.CC(C)(C)C1=C(C(C)(C)C)CCS(=O)(=O)CC1.CC(C)(C)C1=C(C(C)(C)C)CSC1. The molecule has 0 fully saturated rings. The van der Waals surface area contributed by atoms with Gasteiger partial charge in [0, 0.05) is 11.5 Å². The van der Waals surface area contributed by atoms with Gasteiger partial charge < -0.3 is 0 Å². The van der Waals surface area contributed by atoms with E-state index in [1.54, 1.807) is 22.3 Å². The van der Waals surface area contributed by atoms with Crippen molar-refractivity contribution in [1.29, 1.82) is 0 Å². The average molecular weight is 651 g/mol. The molecule has 4 heteroatoms. The largest absolute Gasteiger partial charge is 0.229 e. The van der Waals surface area contributed by atoms with Crippen molar-refractivity contribution in [3.8, 4) is 0 Å². The third-order valence-electron chi connectivity index (χ3n) is 9.45. The summed E-state index contributed by atoms with van der Waals surface area (Å²) in [5.74, 6) is 3.13. The molecule has 0 saturated heterocycles. The number of allylic oxidation sites excluding steroid dienone is 4. The van der Waals surface area contributed by atoms with E-state index in [0.29, 0.717) is 46.0 Å². The smallest absolute Gasteiger partial charge is 0.150 e. The van der Waals surface area contributed by atoms with Crippen molar-refractivity contribution in [2.75, 3.05) is 23.0 Å². The van der Waals surface area contributed by atoms with Crippen LogP contribution in [-0.4, -0.2) is 31.4 Å². The van der Waals surface area contributed by atoms with E-state index in [4.69, 9.17) is 0 Å². The summed E-state index contributed by atoms with van der Waals surface area (Å²) in [5, 5.41) is 0. The average Bonchev–Trinajstić information content (AvgIpc) is 3.24. The van der Waals surface area contributed by atoms with Crippen molar-refractivity contribution in [3.63, 3.8) is 0 Å². The highest BCUT2D eigenvalue weighted by Gasteiger charge is 2.33. The summed E-state index contributed by atoms with van der Waals surface area (Å²) >= 11 is 2.07. The lowest BCUT2D eigenvalue weighted by molar-refractivity contribution is 0.389. The Morgan fingerprint density at radius 2 is 0.614 bits per heavy atom. The van der Waals surface area contributed by atoms with Gasteiger partial charge >= 0.3 is 0 Å². The van der Waals surface area contributed by atoms with Gasteiger partial charge in [0.25, 0.3) is 0 Å². The Hall–Kier alpha value is -0.480. The van der Waals surface area contributed by atoms with Crippen molar-refractivity contribution in [1.82, 2.24) is 0 Å². The first-order valence-corrected chi connectivity index (χ1v) is 20.3. The Bertz CT molecular complexity index is 1080. The van der Waals surface area contributed by atoms with Crippen molar-refractivity contribution < 1.29 is 8.42 Å². The highest BCUT2D eigenvalue weighted by Crippen LogP contribution is 2.45. The lowest BCUT2D eigenvalue weighted by Gasteiger charge is -2.36. The molecule has 0 amide bonds. The minimum Gasteiger partial charge on any atom is -0.229 e. The van der Waals surface area contributed by atoms with Crippen LogP contribution in [0.2, 0.25) is 0 Å². The van der Waals surface area contributed by atoms with E-state index in [-0.39, 0.29) is 10.8 Å². The summed E-state index contributed by atoms with van der Waals surface area (Å²) in [6.45, 7) is 41.3. The Morgan fingerprint density at radius 1 is 0.386 bits per heavy atom. The fourth-order valence-electron chi connectivity index (χ4n) is 6.90. The van der Waals surface area contributed by atoms with E-state index in [9.17, 15) is 8.42 Å². The molecular formula is C40H74O2S2. The monoisotopic (exact) mass is 651 g/mol. The van der Waals surface area contributed by atoms with Gasteiger partial charge in [0.05, 0.1) is 11.5 Å². The molecule has 0 bridgehead atoms. The van der Waals surface area contributed by atoms with E-state index in [1.807, 2.05) is 0 Å². The van der Waals surface area contributed by atoms with Gasteiger partial charge in [-0.2, -0.15) is 11.8 Å². The van der Waals surface area contributed by atoms with Gasteiger partial charge in [-0.25, -0.2) is 8.42 Å². The molecule has 3 rings (SSSR count). The van der Waals surface area contributed by atoms with Crippen LogP contribution in [0.15, 0.2) is 33.4 Å². The molecule has 0 aromatic heterocycles. The molecule has 2 aliphatic heterocycles. The molecule has 2 nitrogen and oxygen atoms in total. The lowest BCUT2D eigenvalue weighted by Crippen LogP contribution is -2.22. The summed E-state index contributed by atoms with van der Waals surface area (Å²) in [6, 6.07) is 0. The molecule has 258 valence electrons. The first kappa shape index (κ1) is 41.5. The normalized spacial score (nSPS) is 21.0. The molecule has 1 aliphatic carbocycles. The lowest BCUT2D eigenvalue weighted by atomic mass is 9.69. The summed E-state index contributed by atoms with van der Waals surface area (Å²) in [7, 11) is -2.85. The second-order valence-corrected chi connectivity index (χ2v) is 23.0. The van der Waals surface area contributed by atoms with Crippen LogP contribution < -0.4 is 0 Å². The van der Waals surface area contributed by atoms with Gasteiger partial charge in [-0.15, -0.1) is 0 Å². The molecule has 0 radical (unpaired) electrons. The Kier molecular flexibility index (Phi) is 13.9. The molecule has 0 atom stereocenters. The van der Waals surface area contributed by atoms with E-state index in [0.717, 1.165) is 0 Å². The van der Waals surface area contributed by atoms with Crippen LogP contribution in [0.25, 0.3) is 0 Å². The first-order chi connectivity index (χ1) is 19.4. The number of sulfone groups is 1. The number of rotatable bonds is 0. The fraction of sp³-hybridized carbons (Fsp3) is 0.850. The molecular weight excluding hydrogens is 577 g/mol. The van der Waals surface area contributed by atoms with Crippen molar-refractivity contribution in [2.24, 2.45) is 32.5 Å². The Morgan fingerprint density at radius 3 is 0.841 bits per heavy atom. The molecule has 44 heavy (non-hydrogen) atoms. The minimum absolute atomic E-state index is 0.0719. The van der Waals surface area contributed by atoms with E-state index in [2.05, 4.69) is 136 Å². The number of thioether (sulfide) groups is 1. The van der Waals surface area contributed by atoms with Crippen molar-refractivity contribution >= 4 is 21.6 Å². The second-order valence-electron chi connectivity index (χ2n) is 19.7. The quantitative estimate of drug-likeness (QED) is 0.245. The Balaban J connectivity index is 0.000000333. The standard InChI is InChI=1S/C14H26O2S.C14H26.C12H22S/c1-13(2,3)11-7-9-17(15,16)10-8-12(11)14(4,5)6;1-13(2,3)11-9-7-8-10-12(11)14(4,5)6;1-11(2,3)9-7-13-8-10(9)12(4,5)6/h7-10H2,1-6H3;7-10H2,1-6H3;7-8H2,1-6H3. The van der Waals surface area contributed by atoms with Gasteiger partial charge in [-0.3, -0.25) is 0 Å². The first-order valence-electron chi connectivity index (χ1n) is 17.4. The third-order valence-corrected chi connectivity index (χ3v) is 12.1. The van der Waals surface area contributed by atoms with Crippen LogP contribution in [0.4, 0.5) is 0 Å². The molecule has 0 unspecified atom stereocenters. The molecule has 0 aromatic rings.